The highest BCUT2D eigenvalue weighted by atomic mass is 32.1. The summed E-state index contributed by atoms with van der Waals surface area (Å²) in [6.45, 7) is 4.67. The predicted octanol–water partition coefficient (Wildman–Crippen LogP) is 4.26. The van der Waals surface area contributed by atoms with Gasteiger partial charge in [0.25, 0.3) is 0 Å². The molecule has 1 amide bonds. The Hall–Kier alpha value is -2.47. The van der Waals surface area contributed by atoms with Crippen molar-refractivity contribution in [3.8, 4) is 11.3 Å². The minimum absolute atomic E-state index is 0.0612. The molecule has 3 rings (SSSR count). The number of hydrogen-bond donors (Lipinski definition) is 0. The van der Waals surface area contributed by atoms with Crippen molar-refractivity contribution >= 4 is 17.2 Å². The molecule has 0 aliphatic carbocycles. The summed E-state index contributed by atoms with van der Waals surface area (Å²) in [6, 6.07) is 8.10. The highest BCUT2D eigenvalue weighted by molar-refractivity contribution is 7.09. The van der Waals surface area contributed by atoms with Crippen molar-refractivity contribution in [3.05, 3.63) is 58.0 Å². The summed E-state index contributed by atoms with van der Waals surface area (Å²) in [4.78, 5) is 22.9. The van der Waals surface area contributed by atoms with E-state index in [1.54, 1.807) is 29.5 Å². The smallest absolute Gasteiger partial charge is 0.223 e. The van der Waals surface area contributed by atoms with Crippen LogP contribution >= 0.6 is 11.3 Å². The highest BCUT2D eigenvalue weighted by Gasteiger charge is 2.13. The van der Waals surface area contributed by atoms with Crippen molar-refractivity contribution < 1.29 is 9.21 Å². The fraction of sp³-hybridized carbons (Fsp3) is 0.350. The quantitative estimate of drug-likeness (QED) is 0.624. The fourth-order valence-electron chi connectivity index (χ4n) is 2.60. The number of carbonyl (C=O) groups excluding carboxylic acids is 1. The molecule has 1 aromatic carbocycles. The van der Waals surface area contributed by atoms with Crippen molar-refractivity contribution in [2.45, 2.75) is 39.7 Å². The minimum Gasteiger partial charge on any atom is -0.441 e. The topological polar surface area (TPSA) is 59.2 Å². The highest BCUT2D eigenvalue weighted by Crippen LogP contribution is 2.21. The molecule has 5 nitrogen and oxygen atoms in total. The largest absolute Gasteiger partial charge is 0.441 e. The first-order chi connectivity index (χ1) is 12.5. The monoisotopic (exact) mass is 369 g/mol. The molecule has 136 valence electrons. The van der Waals surface area contributed by atoms with Gasteiger partial charge in [-0.15, -0.1) is 11.3 Å². The second kappa shape index (κ2) is 8.27. The Morgan fingerprint density at radius 2 is 2.04 bits per heavy atom. The molecule has 0 saturated carbocycles. The van der Waals surface area contributed by atoms with Crippen LogP contribution in [0, 0.1) is 6.92 Å². The fourth-order valence-corrected chi connectivity index (χ4v) is 3.33. The van der Waals surface area contributed by atoms with Gasteiger partial charge in [0.1, 0.15) is 0 Å². The maximum Gasteiger partial charge on any atom is 0.223 e. The number of aryl methyl sites for hydroxylation is 3. The van der Waals surface area contributed by atoms with Gasteiger partial charge in [0.05, 0.1) is 23.4 Å². The Morgan fingerprint density at radius 3 is 2.73 bits per heavy atom. The van der Waals surface area contributed by atoms with Crippen molar-refractivity contribution in [2.24, 2.45) is 0 Å². The average molecular weight is 369 g/mol. The predicted molar refractivity (Wildman–Crippen MR) is 103 cm³/mol. The van der Waals surface area contributed by atoms with E-state index in [0.717, 1.165) is 28.4 Å². The number of benzene rings is 1. The van der Waals surface area contributed by atoms with E-state index < -0.39 is 0 Å². The Labute approximate surface area is 157 Å². The van der Waals surface area contributed by atoms with E-state index in [1.807, 2.05) is 36.6 Å². The van der Waals surface area contributed by atoms with Crippen molar-refractivity contribution in [2.75, 3.05) is 7.05 Å². The molecule has 2 heterocycles. The molecule has 0 radical (unpaired) electrons. The zero-order valence-electron chi connectivity index (χ0n) is 15.4. The molecule has 0 bridgehead atoms. The van der Waals surface area contributed by atoms with Crippen LogP contribution in [0.5, 0.6) is 0 Å². The van der Waals surface area contributed by atoms with Gasteiger partial charge in [-0.05, 0) is 13.3 Å². The molecule has 0 aliphatic rings. The molecule has 0 fully saturated rings. The summed E-state index contributed by atoms with van der Waals surface area (Å²) in [5.74, 6) is 1.38. The van der Waals surface area contributed by atoms with Crippen LogP contribution in [0.4, 0.5) is 0 Å². The first-order valence-electron chi connectivity index (χ1n) is 8.74. The number of nitrogens with zero attached hydrogens (tertiary/aromatic N) is 3. The van der Waals surface area contributed by atoms with Gasteiger partial charge >= 0.3 is 0 Å². The first kappa shape index (κ1) is 18.3. The van der Waals surface area contributed by atoms with Gasteiger partial charge in [-0.3, -0.25) is 4.79 Å². The van der Waals surface area contributed by atoms with Crippen molar-refractivity contribution in [3.63, 3.8) is 0 Å². The molecule has 0 aliphatic heterocycles. The van der Waals surface area contributed by atoms with Gasteiger partial charge < -0.3 is 9.32 Å². The molecule has 6 heteroatoms. The summed E-state index contributed by atoms with van der Waals surface area (Å²) in [6.07, 6.45) is 3.51. The Balaban J connectivity index is 1.53. The SMILES string of the molecule is CCc1nc(CN(C)C(=O)CCc2ncc(-c3ccc(C)cc3)o2)cs1. The minimum atomic E-state index is 0.0612. The third kappa shape index (κ3) is 4.58. The molecule has 0 unspecified atom stereocenters. The van der Waals surface area contributed by atoms with E-state index in [9.17, 15) is 4.79 Å². The normalized spacial score (nSPS) is 10.9. The molecule has 0 saturated heterocycles. The summed E-state index contributed by atoms with van der Waals surface area (Å²) >= 11 is 1.64. The maximum absolute atomic E-state index is 12.3. The summed E-state index contributed by atoms with van der Waals surface area (Å²) in [5.41, 5.74) is 3.14. The average Bonchev–Trinajstić information content (AvgIpc) is 3.29. The zero-order valence-corrected chi connectivity index (χ0v) is 16.2. The van der Waals surface area contributed by atoms with E-state index in [1.165, 1.54) is 5.56 Å². The van der Waals surface area contributed by atoms with Gasteiger partial charge in [0.15, 0.2) is 11.7 Å². The lowest BCUT2D eigenvalue weighted by molar-refractivity contribution is -0.130. The van der Waals surface area contributed by atoms with Crippen LogP contribution in [-0.4, -0.2) is 27.8 Å². The van der Waals surface area contributed by atoms with Crippen LogP contribution < -0.4 is 0 Å². The third-order valence-corrected chi connectivity index (χ3v) is 5.21. The Bertz CT molecular complexity index is 867. The maximum atomic E-state index is 12.3. The number of oxazole rings is 1. The molecule has 0 atom stereocenters. The molecule has 2 aromatic heterocycles. The zero-order chi connectivity index (χ0) is 18.5. The molecule has 26 heavy (non-hydrogen) atoms. The van der Waals surface area contributed by atoms with Crippen LogP contribution in [0.2, 0.25) is 0 Å². The summed E-state index contributed by atoms with van der Waals surface area (Å²) < 4.78 is 5.78. The van der Waals surface area contributed by atoms with Crippen molar-refractivity contribution in [1.82, 2.24) is 14.9 Å². The molecular formula is C20H23N3O2S. The Kier molecular flexibility index (Phi) is 5.83. The number of carbonyl (C=O) groups is 1. The standard InChI is InChI=1S/C20H23N3O2S/c1-4-19-22-16(13-26-19)12-23(3)20(24)10-9-18-21-11-17(25-18)15-7-5-14(2)6-8-15/h5-8,11,13H,4,9-10,12H2,1-3H3. The van der Waals surface area contributed by atoms with Crippen LogP contribution in [0.1, 0.15) is 35.5 Å². The summed E-state index contributed by atoms with van der Waals surface area (Å²) in [5, 5.41) is 3.12. The van der Waals surface area contributed by atoms with Crippen molar-refractivity contribution in [1.29, 1.82) is 0 Å². The van der Waals surface area contributed by atoms with Crippen LogP contribution in [0.25, 0.3) is 11.3 Å². The number of thiazole rings is 1. The Morgan fingerprint density at radius 1 is 1.27 bits per heavy atom. The van der Waals surface area contributed by atoms with Gasteiger partial charge in [0.2, 0.25) is 5.91 Å². The number of amides is 1. The van der Waals surface area contributed by atoms with E-state index in [0.29, 0.717) is 25.3 Å². The van der Waals surface area contributed by atoms with Gasteiger partial charge in [-0.25, -0.2) is 9.97 Å². The van der Waals surface area contributed by atoms with Crippen LogP contribution in [-0.2, 0) is 24.2 Å². The van der Waals surface area contributed by atoms with E-state index in [-0.39, 0.29) is 5.91 Å². The second-order valence-electron chi connectivity index (χ2n) is 6.32. The van der Waals surface area contributed by atoms with Crippen LogP contribution in [0.15, 0.2) is 40.3 Å². The van der Waals surface area contributed by atoms with E-state index in [2.05, 4.69) is 16.9 Å². The van der Waals surface area contributed by atoms with Crippen LogP contribution in [0.3, 0.4) is 0 Å². The van der Waals surface area contributed by atoms with E-state index >= 15 is 0 Å². The number of rotatable bonds is 7. The third-order valence-electron chi connectivity index (χ3n) is 4.17. The van der Waals surface area contributed by atoms with E-state index in [4.69, 9.17) is 4.42 Å². The van der Waals surface area contributed by atoms with Gasteiger partial charge in [-0.1, -0.05) is 36.8 Å². The number of aromatic nitrogens is 2. The molecular weight excluding hydrogens is 346 g/mol. The summed E-state index contributed by atoms with van der Waals surface area (Å²) in [7, 11) is 1.81. The van der Waals surface area contributed by atoms with Gasteiger partial charge in [-0.2, -0.15) is 0 Å². The second-order valence-corrected chi connectivity index (χ2v) is 7.26. The lowest BCUT2D eigenvalue weighted by Crippen LogP contribution is -2.26. The molecule has 3 aromatic rings. The lowest BCUT2D eigenvalue weighted by Gasteiger charge is -2.15. The van der Waals surface area contributed by atoms with Gasteiger partial charge in [0, 0.05) is 30.8 Å². The number of hydrogen-bond acceptors (Lipinski definition) is 5. The molecule has 0 N–H and O–H groups in total. The lowest BCUT2D eigenvalue weighted by atomic mass is 10.1. The molecule has 0 spiro atoms. The first-order valence-corrected chi connectivity index (χ1v) is 9.62.